The molecule has 4 heteroatoms. The van der Waals surface area contributed by atoms with E-state index in [-0.39, 0.29) is 0 Å². The fourth-order valence-electron chi connectivity index (χ4n) is 1.93. The Morgan fingerprint density at radius 3 is 2.71 bits per heavy atom. The third-order valence-corrected chi connectivity index (χ3v) is 3.66. The second-order valence-corrected chi connectivity index (χ2v) is 6.34. The van der Waals surface area contributed by atoms with E-state index in [0.29, 0.717) is 5.92 Å². The van der Waals surface area contributed by atoms with E-state index in [0.717, 1.165) is 40.3 Å². The van der Waals surface area contributed by atoms with Crippen LogP contribution in [0.3, 0.4) is 0 Å². The first-order valence-corrected chi connectivity index (χ1v) is 7.94. The Morgan fingerprint density at radius 1 is 1.24 bits per heavy atom. The van der Waals surface area contributed by atoms with Crippen molar-refractivity contribution in [3.63, 3.8) is 0 Å². The number of ether oxygens (including phenoxy) is 1. The Labute approximate surface area is 134 Å². The van der Waals surface area contributed by atoms with E-state index < -0.39 is 0 Å². The van der Waals surface area contributed by atoms with E-state index in [1.54, 1.807) is 0 Å². The van der Waals surface area contributed by atoms with Gasteiger partial charge in [-0.1, -0.05) is 26.0 Å². The Morgan fingerprint density at radius 2 is 2.00 bits per heavy atom. The van der Waals surface area contributed by atoms with Crippen molar-refractivity contribution in [1.82, 2.24) is 10.3 Å². The molecule has 0 radical (unpaired) electrons. The maximum atomic E-state index is 6.05. The molecule has 0 aliphatic carbocycles. The molecule has 0 spiro atoms. The second kappa shape index (κ2) is 7.57. The number of aromatic nitrogens is 1. The lowest BCUT2D eigenvalue weighted by Crippen LogP contribution is -2.19. The number of benzene rings is 1. The van der Waals surface area contributed by atoms with Gasteiger partial charge in [-0.15, -0.1) is 0 Å². The fraction of sp³-hybridized carbons (Fsp3) is 0.353. The number of halogens is 1. The SMILES string of the molecule is Cc1cc(Oc2ccccc2Br)c(CNCC(C)C)cn1. The molecular weight excluding hydrogens is 328 g/mol. The highest BCUT2D eigenvalue weighted by Crippen LogP contribution is 2.31. The highest BCUT2D eigenvalue weighted by Gasteiger charge is 2.08. The van der Waals surface area contributed by atoms with Crippen molar-refractivity contribution in [2.45, 2.75) is 27.3 Å². The Bertz CT molecular complexity index is 599. The topological polar surface area (TPSA) is 34.1 Å². The van der Waals surface area contributed by atoms with Gasteiger partial charge in [-0.2, -0.15) is 0 Å². The highest BCUT2D eigenvalue weighted by atomic mass is 79.9. The van der Waals surface area contributed by atoms with Gasteiger partial charge in [0.25, 0.3) is 0 Å². The predicted octanol–water partition coefficient (Wildman–Crippen LogP) is 4.69. The summed E-state index contributed by atoms with van der Waals surface area (Å²) >= 11 is 3.51. The molecule has 0 amide bonds. The number of rotatable bonds is 6. The number of hydrogen-bond acceptors (Lipinski definition) is 3. The van der Waals surface area contributed by atoms with Crippen LogP contribution in [0.15, 0.2) is 41.0 Å². The summed E-state index contributed by atoms with van der Waals surface area (Å²) in [5.41, 5.74) is 2.02. The van der Waals surface area contributed by atoms with Crippen LogP contribution in [0.4, 0.5) is 0 Å². The molecule has 1 N–H and O–H groups in total. The molecular formula is C17H21BrN2O. The standard InChI is InChI=1S/C17H21BrN2O/c1-12(2)9-19-10-14-11-20-13(3)8-17(14)21-16-7-5-4-6-15(16)18/h4-8,11-12,19H,9-10H2,1-3H3. The zero-order valence-corrected chi connectivity index (χ0v) is 14.3. The molecule has 2 aromatic rings. The molecule has 0 saturated heterocycles. The van der Waals surface area contributed by atoms with Gasteiger partial charge >= 0.3 is 0 Å². The number of nitrogens with one attached hydrogen (secondary N) is 1. The molecule has 21 heavy (non-hydrogen) atoms. The average molecular weight is 349 g/mol. The second-order valence-electron chi connectivity index (χ2n) is 5.49. The smallest absolute Gasteiger partial charge is 0.141 e. The average Bonchev–Trinajstić information content (AvgIpc) is 2.43. The molecule has 1 aromatic heterocycles. The lowest BCUT2D eigenvalue weighted by molar-refractivity contribution is 0.465. The van der Waals surface area contributed by atoms with Crippen molar-refractivity contribution < 1.29 is 4.74 Å². The van der Waals surface area contributed by atoms with Gasteiger partial charge in [0.1, 0.15) is 11.5 Å². The van der Waals surface area contributed by atoms with Gasteiger partial charge in [-0.25, -0.2) is 0 Å². The minimum absolute atomic E-state index is 0.621. The van der Waals surface area contributed by atoms with Gasteiger partial charge in [-0.05, 0) is 47.4 Å². The molecule has 0 fully saturated rings. The number of hydrogen-bond donors (Lipinski definition) is 1. The van der Waals surface area contributed by atoms with Gasteiger partial charge < -0.3 is 10.1 Å². The first-order valence-electron chi connectivity index (χ1n) is 7.15. The third kappa shape index (κ3) is 4.83. The molecule has 1 aromatic carbocycles. The molecule has 0 bridgehead atoms. The molecule has 112 valence electrons. The molecule has 0 aliphatic rings. The van der Waals surface area contributed by atoms with Gasteiger partial charge in [0.15, 0.2) is 0 Å². The number of para-hydroxylation sites is 1. The summed E-state index contributed by atoms with van der Waals surface area (Å²) in [6.07, 6.45) is 1.88. The monoisotopic (exact) mass is 348 g/mol. The van der Waals surface area contributed by atoms with Crippen molar-refractivity contribution in [3.8, 4) is 11.5 Å². The van der Waals surface area contributed by atoms with Crippen molar-refractivity contribution >= 4 is 15.9 Å². The van der Waals surface area contributed by atoms with Crippen LogP contribution >= 0.6 is 15.9 Å². The van der Waals surface area contributed by atoms with Crippen molar-refractivity contribution in [3.05, 3.63) is 52.3 Å². The van der Waals surface area contributed by atoms with Gasteiger partial charge in [-0.3, -0.25) is 4.98 Å². The molecule has 3 nitrogen and oxygen atoms in total. The zero-order chi connectivity index (χ0) is 15.2. The number of pyridine rings is 1. The maximum Gasteiger partial charge on any atom is 0.141 e. The van der Waals surface area contributed by atoms with Crippen LogP contribution in [-0.2, 0) is 6.54 Å². The summed E-state index contributed by atoms with van der Waals surface area (Å²) in [6, 6.07) is 9.84. The molecule has 0 saturated carbocycles. The zero-order valence-electron chi connectivity index (χ0n) is 12.7. The summed E-state index contributed by atoms with van der Waals surface area (Å²) in [6.45, 7) is 8.09. The number of aryl methyl sites for hydroxylation is 1. The minimum Gasteiger partial charge on any atom is -0.456 e. The largest absolute Gasteiger partial charge is 0.456 e. The molecule has 2 rings (SSSR count). The summed E-state index contributed by atoms with van der Waals surface area (Å²) in [7, 11) is 0. The summed E-state index contributed by atoms with van der Waals surface area (Å²) in [4.78, 5) is 4.37. The van der Waals surface area contributed by atoms with Gasteiger partial charge in [0.05, 0.1) is 4.47 Å². The normalized spacial score (nSPS) is 10.9. The molecule has 0 aliphatic heterocycles. The highest BCUT2D eigenvalue weighted by molar-refractivity contribution is 9.10. The quantitative estimate of drug-likeness (QED) is 0.822. The van der Waals surface area contributed by atoms with E-state index in [4.69, 9.17) is 4.74 Å². The van der Waals surface area contributed by atoms with Crippen LogP contribution in [0.5, 0.6) is 11.5 Å². The Kier molecular flexibility index (Phi) is 5.76. The van der Waals surface area contributed by atoms with Crippen molar-refractivity contribution in [2.24, 2.45) is 5.92 Å². The van der Waals surface area contributed by atoms with E-state index in [1.165, 1.54) is 0 Å². The first kappa shape index (κ1) is 16.0. The van der Waals surface area contributed by atoms with Crippen LogP contribution in [-0.4, -0.2) is 11.5 Å². The van der Waals surface area contributed by atoms with Gasteiger partial charge in [0.2, 0.25) is 0 Å². The van der Waals surface area contributed by atoms with Crippen LogP contribution in [0.1, 0.15) is 25.1 Å². The lowest BCUT2D eigenvalue weighted by atomic mass is 10.2. The van der Waals surface area contributed by atoms with Crippen molar-refractivity contribution in [2.75, 3.05) is 6.54 Å². The van der Waals surface area contributed by atoms with Crippen LogP contribution < -0.4 is 10.1 Å². The van der Waals surface area contributed by atoms with E-state index in [1.807, 2.05) is 43.5 Å². The summed E-state index contributed by atoms with van der Waals surface area (Å²) in [5, 5.41) is 3.43. The molecule has 0 atom stereocenters. The maximum absolute atomic E-state index is 6.05. The number of nitrogens with zero attached hydrogens (tertiary/aromatic N) is 1. The van der Waals surface area contributed by atoms with Crippen LogP contribution in [0.2, 0.25) is 0 Å². The lowest BCUT2D eigenvalue weighted by Gasteiger charge is -2.14. The van der Waals surface area contributed by atoms with Gasteiger partial charge in [0, 0.05) is 30.1 Å². The molecule has 0 unspecified atom stereocenters. The predicted molar refractivity (Wildman–Crippen MR) is 89.7 cm³/mol. The van der Waals surface area contributed by atoms with E-state index in [9.17, 15) is 0 Å². The molecule has 1 heterocycles. The van der Waals surface area contributed by atoms with Crippen LogP contribution in [0, 0.1) is 12.8 Å². The van der Waals surface area contributed by atoms with E-state index in [2.05, 4.69) is 40.1 Å². The fourth-order valence-corrected chi connectivity index (χ4v) is 2.30. The Balaban J connectivity index is 2.17. The van der Waals surface area contributed by atoms with Crippen LogP contribution in [0.25, 0.3) is 0 Å². The first-order chi connectivity index (χ1) is 10.1. The van der Waals surface area contributed by atoms with Crippen molar-refractivity contribution in [1.29, 1.82) is 0 Å². The Hall–Kier alpha value is -1.39. The minimum atomic E-state index is 0.621. The third-order valence-electron chi connectivity index (χ3n) is 3.01. The van der Waals surface area contributed by atoms with E-state index >= 15 is 0 Å². The summed E-state index contributed by atoms with van der Waals surface area (Å²) < 4.78 is 7.00. The summed E-state index contributed by atoms with van der Waals surface area (Å²) in [5.74, 6) is 2.29.